The Balaban J connectivity index is 2.07. The van der Waals surface area contributed by atoms with E-state index in [0.717, 1.165) is 30.1 Å². The Bertz CT molecular complexity index is 503. The van der Waals surface area contributed by atoms with E-state index in [4.69, 9.17) is 0 Å². The van der Waals surface area contributed by atoms with E-state index in [1.54, 1.807) is 6.33 Å². The fourth-order valence-corrected chi connectivity index (χ4v) is 2.50. The summed E-state index contributed by atoms with van der Waals surface area (Å²) in [7, 11) is 0. The van der Waals surface area contributed by atoms with Crippen LogP contribution in [-0.2, 0) is 0 Å². The number of hydrogen-bond acceptors (Lipinski definition) is 4. The first-order valence-electron chi connectivity index (χ1n) is 5.46. The summed E-state index contributed by atoms with van der Waals surface area (Å²) in [5, 5.41) is 0. The van der Waals surface area contributed by atoms with Crippen LogP contribution in [0.5, 0.6) is 0 Å². The smallest absolute Gasteiger partial charge is 0.183 e. The molecule has 2 aromatic rings. The summed E-state index contributed by atoms with van der Waals surface area (Å²) in [6.45, 7) is 2.14. The van der Waals surface area contributed by atoms with Crippen LogP contribution in [0.4, 0.5) is 5.82 Å². The van der Waals surface area contributed by atoms with E-state index in [9.17, 15) is 0 Å². The fourth-order valence-electron chi connectivity index (χ4n) is 2.13. The Labute approximate surface area is 101 Å². The number of H-pyrrole nitrogens is 1. The van der Waals surface area contributed by atoms with Crippen molar-refractivity contribution in [2.45, 2.75) is 19.3 Å². The highest BCUT2D eigenvalue weighted by Crippen LogP contribution is 2.24. The van der Waals surface area contributed by atoms with Crippen LogP contribution >= 0.6 is 15.9 Å². The number of anilines is 1. The van der Waals surface area contributed by atoms with E-state index in [2.05, 4.69) is 40.8 Å². The molecule has 0 bridgehead atoms. The van der Waals surface area contributed by atoms with Crippen LogP contribution < -0.4 is 4.90 Å². The van der Waals surface area contributed by atoms with Gasteiger partial charge in [-0.3, -0.25) is 0 Å². The molecule has 84 valence electrons. The van der Waals surface area contributed by atoms with Crippen molar-refractivity contribution in [3.05, 3.63) is 11.1 Å². The average molecular weight is 282 g/mol. The van der Waals surface area contributed by atoms with Crippen molar-refractivity contribution in [3.8, 4) is 0 Å². The summed E-state index contributed by atoms with van der Waals surface area (Å²) in [5.74, 6) is 0.975. The lowest BCUT2D eigenvalue weighted by atomic mass is 10.1. The van der Waals surface area contributed by atoms with E-state index in [1.165, 1.54) is 19.3 Å². The minimum Gasteiger partial charge on any atom is -0.355 e. The molecular formula is C10H12BrN5. The number of halogens is 1. The fraction of sp³-hybridized carbons (Fsp3) is 0.500. The molecule has 2 aromatic heterocycles. The van der Waals surface area contributed by atoms with Crippen LogP contribution in [0.3, 0.4) is 0 Å². The van der Waals surface area contributed by atoms with Gasteiger partial charge in [0.2, 0.25) is 0 Å². The van der Waals surface area contributed by atoms with Crippen molar-refractivity contribution in [1.29, 1.82) is 0 Å². The van der Waals surface area contributed by atoms with E-state index in [1.807, 2.05) is 0 Å². The summed E-state index contributed by atoms with van der Waals surface area (Å²) in [5.41, 5.74) is 1.65. The monoisotopic (exact) mass is 281 g/mol. The van der Waals surface area contributed by atoms with Crippen molar-refractivity contribution >= 4 is 32.9 Å². The summed E-state index contributed by atoms with van der Waals surface area (Å²) < 4.78 is 0.709. The summed E-state index contributed by atoms with van der Waals surface area (Å²) >= 11 is 3.33. The highest BCUT2D eigenvalue weighted by Gasteiger charge is 2.17. The highest BCUT2D eigenvalue weighted by molar-refractivity contribution is 9.10. The molecule has 0 amide bonds. The Morgan fingerprint density at radius 2 is 2.00 bits per heavy atom. The van der Waals surface area contributed by atoms with Gasteiger partial charge in [-0.15, -0.1) is 0 Å². The first-order valence-corrected chi connectivity index (χ1v) is 6.25. The zero-order chi connectivity index (χ0) is 11.0. The third-order valence-electron chi connectivity index (χ3n) is 2.90. The molecule has 0 aliphatic carbocycles. The maximum absolute atomic E-state index is 4.37. The number of piperidine rings is 1. The van der Waals surface area contributed by atoms with Gasteiger partial charge in [-0.2, -0.15) is 0 Å². The van der Waals surface area contributed by atoms with Gasteiger partial charge in [0.15, 0.2) is 16.2 Å². The van der Waals surface area contributed by atoms with E-state index in [0.29, 0.717) is 4.73 Å². The average Bonchev–Trinajstić information content (AvgIpc) is 2.70. The second-order valence-corrected chi connectivity index (χ2v) is 4.72. The van der Waals surface area contributed by atoms with E-state index < -0.39 is 0 Å². The van der Waals surface area contributed by atoms with Gasteiger partial charge < -0.3 is 9.88 Å². The molecule has 6 heteroatoms. The minimum absolute atomic E-state index is 0.709. The lowest BCUT2D eigenvalue weighted by Gasteiger charge is -2.27. The topological polar surface area (TPSA) is 57.7 Å². The Morgan fingerprint density at radius 1 is 1.19 bits per heavy atom. The number of aromatic amines is 1. The third kappa shape index (κ3) is 1.67. The summed E-state index contributed by atoms with van der Waals surface area (Å²) in [4.78, 5) is 18.2. The molecule has 16 heavy (non-hydrogen) atoms. The van der Waals surface area contributed by atoms with E-state index >= 15 is 0 Å². The van der Waals surface area contributed by atoms with Gasteiger partial charge in [0.1, 0.15) is 11.8 Å². The van der Waals surface area contributed by atoms with Crippen LogP contribution in [0.25, 0.3) is 11.2 Å². The molecule has 0 atom stereocenters. The standard InChI is InChI=1S/C10H12BrN5/c11-10-14-7-8(15-10)12-6-13-9(7)16-4-2-1-3-5-16/h6H,1-5H2,(H,12,13,14,15). The number of hydrogen-bond donors (Lipinski definition) is 1. The molecular weight excluding hydrogens is 270 g/mol. The molecule has 3 heterocycles. The normalized spacial score (nSPS) is 16.9. The van der Waals surface area contributed by atoms with Gasteiger partial charge in [-0.05, 0) is 35.2 Å². The first kappa shape index (κ1) is 10.0. The van der Waals surface area contributed by atoms with Gasteiger partial charge in [0, 0.05) is 13.1 Å². The Kier molecular flexibility index (Phi) is 2.51. The van der Waals surface area contributed by atoms with Crippen molar-refractivity contribution in [2.75, 3.05) is 18.0 Å². The number of imidazole rings is 1. The maximum atomic E-state index is 4.37. The molecule has 0 aromatic carbocycles. The number of nitrogens with zero attached hydrogens (tertiary/aromatic N) is 4. The molecule has 0 spiro atoms. The molecule has 0 unspecified atom stereocenters. The molecule has 5 nitrogen and oxygen atoms in total. The van der Waals surface area contributed by atoms with Crippen LogP contribution in [0.2, 0.25) is 0 Å². The largest absolute Gasteiger partial charge is 0.355 e. The zero-order valence-electron chi connectivity index (χ0n) is 8.78. The minimum atomic E-state index is 0.709. The summed E-state index contributed by atoms with van der Waals surface area (Å²) in [6, 6.07) is 0. The van der Waals surface area contributed by atoms with Crippen molar-refractivity contribution < 1.29 is 0 Å². The highest BCUT2D eigenvalue weighted by atomic mass is 79.9. The number of nitrogens with one attached hydrogen (secondary N) is 1. The van der Waals surface area contributed by atoms with E-state index in [-0.39, 0.29) is 0 Å². The van der Waals surface area contributed by atoms with Gasteiger partial charge in [0.25, 0.3) is 0 Å². The second-order valence-electron chi connectivity index (χ2n) is 3.97. The molecule has 1 aliphatic rings. The molecule has 0 radical (unpaired) electrons. The first-order chi connectivity index (χ1) is 7.84. The van der Waals surface area contributed by atoms with Gasteiger partial charge in [0.05, 0.1) is 0 Å². The number of rotatable bonds is 1. The van der Waals surface area contributed by atoms with Crippen LogP contribution in [0.1, 0.15) is 19.3 Å². The number of fused-ring (bicyclic) bond motifs is 1. The van der Waals surface area contributed by atoms with Crippen LogP contribution in [-0.4, -0.2) is 33.0 Å². The lowest BCUT2D eigenvalue weighted by Crippen LogP contribution is -2.30. The zero-order valence-corrected chi connectivity index (χ0v) is 10.4. The van der Waals surface area contributed by atoms with Gasteiger partial charge in [-0.1, -0.05) is 0 Å². The van der Waals surface area contributed by atoms with Crippen molar-refractivity contribution in [1.82, 2.24) is 19.9 Å². The number of aromatic nitrogens is 4. The lowest BCUT2D eigenvalue weighted by molar-refractivity contribution is 0.574. The predicted octanol–water partition coefficient (Wildman–Crippen LogP) is 2.11. The molecule has 1 fully saturated rings. The molecule has 3 rings (SSSR count). The molecule has 1 N–H and O–H groups in total. The third-order valence-corrected chi connectivity index (χ3v) is 3.27. The predicted molar refractivity (Wildman–Crippen MR) is 65.4 cm³/mol. The second kappa shape index (κ2) is 4.01. The summed E-state index contributed by atoms with van der Waals surface area (Å²) in [6.07, 6.45) is 5.37. The van der Waals surface area contributed by atoms with Crippen molar-refractivity contribution in [2.24, 2.45) is 0 Å². The SMILES string of the molecule is Brc1nc2ncnc(N3CCCCC3)c2[nH]1. The van der Waals surface area contributed by atoms with Crippen molar-refractivity contribution in [3.63, 3.8) is 0 Å². The van der Waals surface area contributed by atoms with Gasteiger partial charge in [-0.25, -0.2) is 15.0 Å². The Hall–Kier alpha value is -1.17. The van der Waals surface area contributed by atoms with Crippen LogP contribution in [0, 0.1) is 0 Å². The maximum Gasteiger partial charge on any atom is 0.183 e. The quantitative estimate of drug-likeness (QED) is 0.814. The Morgan fingerprint density at radius 3 is 2.81 bits per heavy atom. The van der Waals surface area contributed by atoms with Gasteiger partial charge >= 0.3 is 0 Å². The molecule has 1 saturated heterocycles. The van der Waals surface area contributed by atoms with Crippen LogP contribution in [0.15, 0.2) is 11.1 Å². The molecule has 0 saturated carbocycles. The molecule has 1 aliphatic heterocycles.